The summed E-state index contributed by atoms with van der Waals surface area (Å²) in [5.41, 5.74) is 6.49. The molecule has 0 saturated heterocycles. The Morgan fingerprint density at radius 2 is 2.06 bits per heavy atom. The van der Waals surface area contributed by atoms with Crippen LogP contribution in [0.15, 0.2) is 18.2 Å². The molecule has 2 aromatic rings. The molecule has 6 heteroatoms. The van der Waals surface area contributed by atoms with Crippen LogP contribution in [0.4, 0.5) is 5.82 Å². The molecule has 0 fully saturated rings. The summed E-state index contributed by atoms with van der Waals surface area (Å²) in [5.74, 6) is 0.198. The summed E-state index contributed by atoms with van der Waals surface area (Å²) in [6, 6.07) is 4.69. The molecule has 1 aromatic carbocycles. The number of nitrogens with zero attached hydrogens (tertiary/aromatic N) is 1. The summed E-state index contributed by atoms with van der Waals surface area (Å²) in [4.78, 5) is 15.8. The number of hydrogen-bond donors (Lipinski definition) is 1. The number of nitrogens with two attached hydrogens (primary N) is 1. The summed E-state index contributed by atoms with van der Waals surface area (Å²) < 4.78 is 9.82. The van der Waals surface area contributed by atoms with E-state index >= 15 is 0 Å². The first kappa shape index (κ1) is 12.4. The number of ether oxygens (including phenoxy) is 2. The van der Waals surface area contributed by atoms with Crippen LogP contribution in [-0.2, 0) is 4.74 Å². The Hall–Kier alpha value is -2.01. The van der Waals surface area contributed by atoms with Crippen molar-refractivity contribution in [2.75, 3.05) is 20.0 Å². The summed E-state index contributed by atoms with van der Waals surface area (Å²) >= 11 is 6.00. The van der Waals surface area contributed by atoms with Crippen LogP contribution >= 0.6 is 11.6 Å². The van der Waals surface area contributed by atoms with E-state index < -0.39 is 5.97 Å². The fourth-order valence-electron chi connectivity index (χ4n) is 1.68. The van der Waals surface area contributed by atoms with E-state index in [2.05, 4.69) is 4.98 Å². The van der Waals surface area contributed by atoms with Crippen molar-refractivity contribution in [3.05, 3.63) is 28.8 Å². The van der Waals surface area contributed by atoms with Crippen LogP contribution in [0.2, 0.25) is 5.02 Å². The maximum absolute atomic E-state index is 11.7. The number of carbonyl (C=O) groups excluding carboxylic acids is 1. The minimum atomic E-state index is -0.488. The van der Waals surface area contributed by atoms with Crippen molar-refractivity contribution in [2.45, 2.75) is 0 Å². The molecule has 0 atom stereocenters. The predicted molar refractivity (Wildman–Crippen MR) is 69.1 cm³/mol. The lowest BCUT2D eigenvalue weighted by Crippen LogP contribution is -2.05. The number of fused-ring (bicyclic) bond motifs is 1. The smallest absolute Gasteiger partial charge is 0.338 e. The highest BCUT2D eigenvalue weighted by molar-refractivity contribution is 6.33. The van der Waals surface area contributed by atoms with Crippen molar-refractivity contribution in [1.29, 1.82) is 0 Å². The highest BCUT2D eigenvalue weighted by Gasteiger charge is 2.15. The first-order valence-corrected chi connectivity index (χ1v) is 5.46. The van der Waals surface area contributed by atoms with Crippen molar-refractivity contribution in [3.63, 3.8) is 0 Å². The van der Waals surface area contributed by atoms with Crippen molar-refractivity contribution in [2.24, 2.45) is 0 Å². The van der Waals surface area contributed by atoms with Gasteiger partial charge in [-0.15, -0.1) is 0 Å². The molecule has 0 aliphatic heterocycles. The van der Waals surface area contributed by atoms with Crippen molar-refractivity contribution in [1.82, 2.24) is 4.98 Å². The molecule has 1 heterocycles. The van der Waals surface area contributed by atoms with Crippen LogP contribution < -0.4 is 10.5 Å². The Morgan fingerprint density at radius 1 is 1.33 bits per heavy atom. The van der Waals surface area contributed by atoms with E-state index in [1.807, 2.05) is 0 Å². The van der Waals surface area contributed by atoms with Gasteiger partial charge in [0.15, 0.2) is 0 Å². The monoisotopic (exact) mass is 266 g/mol. The van der Waals surface area contributed by atoms with Crippen molar-refractivity contribution in [3.8, 4) is 5.75 Å². The normalized spacial score (nSPS) is 10.4. The van der Waals surface area contributed by atoms with E-state index in [4.69, 9.17) is 26.8 Å². The topological polar surface area (TPSA) is 74.4 Å². The average molecular weight is 267 g/mol. The van der Waals surface area contributed by atoms with Gasteiger partial charge in [-0.3, -0.25) is 0 Å². The van der Waals surface area contributed by atoms with E-state index in [0.717, 1.165) is 0 Å². The predicted octanol–water partition coefficient (Wildman–Crippen LogP) is 2.27. The standard InChI is InChI=1S/C12H11ClN2O3/c1-17-10-3-6-7(12(16)18-2)4-11(14)15-9(6)5-8(10)13/h3-5H,1-2H3,(H2,14,15). The SMILES string of the molecule is COC(=O)c1cc(N)nc2cc(Cl)c(OC)cc12. The van der Waals surface area contributed by atoms with Crippen LogP contribution in [0.5, 0.6) is 5.75 Å². The molecule has 2 N–H and O–H groups in total. The van der Waals surface area contributed by atoms with E-state index in [9.17, 15) is 4.79 Å². The molecule has 0 spiro atoms. The molecule has 18 heavy (non-hydrogen) atoms. The molecule has 2 rings (SSSR count). The third kappa shape index (κ3) is 2.04. The second kappa shape index (κ2) is 4.70. The zero-order valence-electron chi connectivity index (χ0n) is 9.86. The van der Waals surface area contributed by atoms with Crippen LogP contribution in [-0.4, -0.2) is 25.2 Å². The number of esters is 1. The van der Waals surface area contributed by atoms with Gasteiger partial charge in [-0.1, -0.05) is 11.6 Å². The molecule has 0 saturated carbocycles. The molecule has 0 unspecified atom stereocenters. The Kier molecular flexibility index (Phi) is 3.25. The van der Waals surface area contributed by atoms with Crippen LogP contribution in [0.1, 0.15) is 10.4 Å². The van der Waals surface area contributed by atoms with Gasteiger partial charge < -0.3 is 15.2 Å². The van der Waals surface area contributed by atoms with E-state index in [0.29, 0.717) is 27.2 Å². The number of halogens is 1. The van der Waals surface area contributed by atoms with Crippen molar-refractivity contribution >= 4 is 34.3 Å². The number of benzene rings is 1. The second-order valence-corrected chi connectivity index (χ2v) is 4.00. The number of aromatic nitrogens is 1. The summed E-state index contributed by atoms with van der Waals surface area (Å²) in [6.45, 7) is 0. The van der Waals surface area contributed by atoms with Gasteiger partial charge in [0.1, 0.15) is 11.6 Å². The molecule has 0 aliphatic rings. The van der Waals surface area contributed by atoms with Gasteiger partial charge in [0.05, 0.1) is 30.3 Å². The molecular weight excluding hydrogens is 256 g/mol. The van der Waals surface area contributed by atoms with Crippen LogP contribution in [0.25, 0.3) is 10.9 Å². The minimum absolute atomic E-state index is 0.226. The number of methoxy groups -OCH3 is 2. The molecular formula is C12H11ClN2O3. The first-order chi connectivity index (χ1) is 8.56. The fraction of sp³-hybridized carbons (Fsp3) is 0.167. The lowest BCUT2D eigenvalue weighted by atomic mass is 10.1. The molecule has 5 nitrogen and oxygen atoms in total. The number of nitrogen functional groups attached to an aromatic ring is 1. The maximum atomic E-state index is 11.7. The van der Waals surface area contributed by atoms with E-state index in [-0.39, 0.29) is 5.82 Å². The van der Waals surface area contributed by atoms with Crippen LogP contribution in [0, 0.1) is 0 Å². The summed E-state index contributed by atoms with van der Waals surface area (Å²) in [5, 5.41) is 0.983. The number of hydrogen-bond acceptors (Lipinski definition) is 5. The van der Waals surface area contributed by atoms with Gasteiger partial charge in [0, 0.05) is 5.39 Å². The van der Waals surface area contributed by atoms with E-state index in [1.54, 1.807) is 12.1 Å². The molecule has 1 aromatic heterocycles. The van der Waals surface area contributed by atoms with Gasteiger partial charge in [-0.2, -0.15) is 0 Å². The van der Waals surface area contributed by atoms with Gasteiger partial charge in [0.2, 0.25) is 0 Å². The Bertz CT molecular complexity index is 628. The molecule has 94 valence electrons. The summed E-state index contributed by atoms with van der Waals surface area (Å²) in [6.07, 6.45) is 0. The first-order valence-electron chi connectivity index (χ1n) is 5.09. The number of carbonyl (C=O) groups is 1. The maximum Gasteiger partial charge on any atom is 0.338 e. The third-order valence-electron chi connectivity index (χ3n) is 2.51. The number of pyridine rings is 1. The van der Waals surface area contributed by atoms with Gasteiger partial charge in [0.25, 0.3) is 0 Å². The lowest BCUT2D eigenvalue weighted by molar-refractivity contribution is 0.0603. The van der Waals surface area contributed by atoms with Gasteiger partial charge >= 0.3 is 5.97 Å². The fourth-order valence-corrected chi connectivity index (χ4v) is 1.92. The molecule has 0 bridgehead atoms. The Labute approximate surface area is 108 Å². The Balaban J connectivity index is 2.80. The second-order valence-electron chi connectivity index (χ2n) is 3.59. The number of rotatable bonds is 2. The zero-order valence-corrected chi connectivity index (χ0v) is 10.6. The highest BCUT2D eigenvalue weighted by atomic mass is 35.5. The third-order valence-corrected chi connectivity index (χ3v) is 2.80. The largest absolute Gasteiger partial charge is 0.495 e. The number of anilines is 1. The molecule has 0 aliphatic carbocycles. The van der Waals surface area contributed by atoms with Gasteiger partial charge in [-0.05, 0) is 18.2 Å². The molecule has 0 amide bonds. The molecule has 0 radical (unpaired) electrons. The van der Waals surface area contributed by atoms with Gasteiger partial charge in [-0.25, -0.2) is 9.78 Å². The average Bonchev–Trinajstić information content (AvgIpc) is 2.36. The Morgan fingerprint density at radius 3 is 2.67 bits per heavy atom. The van der Waals surface area contributed by atoms with Crippen molar-refractivity contribution < 1.29 is 14.3 Å². The lowest BCUT2D eigenvalue weighted by Gasteiger charge is -2.09. The van der Waals surface area contributed by atoms with E-state index in [1.165, 1.54) is 20.3 Å². The zero-order chi connectivity index (χ0) is 13.3. The quantitative estimate of drug-likeness (QED) is 0.844. The van der Waals surface area contributed by atoms with Crippen LogP contribution in [0.3, 0.4) is 0 Å². The summed E-state index contributed by atoms with van der Waals surface area (Å²) in [7, 11) is 2.80. The highest BCUT2D eigenvalue weighted by Crippen LogP contribution is 2.31. The minimum Gasteiger partial charge on any atom is -0.495 e.